The number of rotatable bonds is 7. The van der Waals surface area contributed by atoms with E-state index in [0.29, 0.717) is 0 Å². The standard InChI is InChI=1S/C18H18F3NO3S/c1-12-3-5-14(26-12)6-8-17(23)22-15-11-13(18(19,20)21)4-7-16(15)25-10-9-24-2/h3-8,11H,9-10H2,1-2H3,(H,22,23)/b8-6+. The molecule has 0 fully saturated rings. The average molecular weight is 385 g/mol. The lowest BCUT2D eigenvalue weighted by Crippen LogP contribution is -2.13. The molecule has 2 rings (SSSR count). The molecule has 0 spiro atoms. The number of hydrogen-bond donors (Lipinski definition) is 1. The molecule has 1 aromatic heterocycles. The van der Waals surface area contributed by atoms with Crippen LogP contribution in [0.5, 0.6) is 5.75 Å². The molecular formula is C18H18F3NO3S. The molecule has 0 aliphatic carbocycles. The number of hydrogen-bond acceptors (Lipinski definition) is 4. The highest BCUT2D eigenvalue weighted by Gasteiger charge is 2.31. The zero-order valence-electron chi connectivity index (χ0n) is 14.2. The van der Waals surface area contributed by atoms with Crippen LogP contribution in [0.15, 0.2) is 36.4 Å². The first-order chi connectivity index (χ1) is 12.3. The molecule has 1 amide bonds. The minimum Gasteiger partial charge on any atom is -0.489 e. The van der Waals surface area contributed by atoms with E-state index in [1.807, 2.05) is 19.1 Å². The number of halogens is 3. The minimum atomic E-state index is -4.52. The lowest BCUT2D eigenvalue weighted by atomic mass is 10.1. The normalized spacial score (nSPS) is 11.7. The number of alkyl halides is 3. The van der Waals surface area contributed by atoms with Crippen molar-refractivity contribution in [2.75, 3.05) is 25.6 Å². The molecular weight excluding hydrogens is 367 g/mol. The molecule has 4 nitrogen and oxygen atoms in total. The fraction of sp³-hybridized carbons (Fsp3) is 0.278. The second-order valence-corrected chi connectivity index (χ2v) is 6.64. The summed E-state index contributed by atoms with van der Waals surface area (Å²) in [5, 5.41) is 2.44. The van der Waals surface area contributed by atoms with Crippen molar-refractivity contribution in [3.05, 3.63) is 51.7 Å². The van der Waals surface area contributed by atoms with Gasteiger partial charge in [0.15, 0.2) is 0 Å². The molecule has 0 saturated heterocycles. The van der Waals surface area contributed by atoms with Crippen molar-refractivity contribution in [1.82, 2.24) is 0 Å². The Morgan fingerprint density at radius 1 is 1.23 bits per heavy atom. The van der Waals surface area contributed by atoms with Gasteiger partial charge in [-0.3, -0.25) is 4.79 Å². The number of anilines is 1. The number of methoxy groups -OCH3 is 1. The Kier molecular flexibility index (Phi) is 6.82. The van der Waals surface area contributed by atoms with Gasteiger partial charge in [-0.2, -0.15) is 13.2 Å². The predicted octanol–water partition coefficient (Wildman–Crippen LogP) is 4.75. The van der Waals surface area contributed by atoms with Crippen LogP contribution in [0.1, 0.15) is 15.3 Å². The average Bonchev–Trinajstić information content (AvgIpc) is 2.99. The van der Waals surface area contributed by atoms with Gasteiger partial charge in [-0.15, -0.1) is 11.3 Å². The Hall–Kier alpha value is -2.32. The minimum absolute atomic E-state index is 0.0482. The van der Waals surface area contributed by atoms with E-state index in [4.69, 9.17) is 9.47 Å². The Morgan fingerprint density at radius 2 is 2.00 bits per heavy atom. The summed E-state index contributed by atoms with van der Waals surface area (Å²) < 4.78 is 49.0. The number of ether oxygens (including phenoxy) is 2. The number of amides is 1. The predicted molar refractivity (Wildman–Crippen MR) is 95.5 cm³/mol. The third kappa shape index (κ3) is 5.89. The summed E-state index contributed by atoms with van der Waals surface area (Å²) in [5.74, 6) is -0.407. The van der Waals surface area contributed by atoms with Gasteiger partial charge in [0, 0.05) is 22.9 Å². The molecule has 0 saturated carbocycles. The van der Waals surface area contributed by atoms with E-state index in [0.717, 1.165) is 21.9 Å². The third-order valence-corrected chi connectivity index (χ3v) is 4.24. The summed E-state index contributed by atoms with van der Waals surface area (Å²) >= 11 is 1.50. The van der Waals surface area contributed by atoms with E-state index in [9.17, 15) is 18.0 Å². The Morgan fingerprint density at radius 3 is 2.62 bits per heavy atom. The molecule has 2 aromatic rings. The maximum atomic E-state index is 12.9. The van der Waals surface area contributed by atoms with Crippen molar-refractivity contribution >= 4 is 29.0 Å². The number of nitrogens with one attached hydrogen (secondary N) is 1. The molecule has 0 atom stereocenters. The quantitative estimate of drug-likeness (QED) is 0.553. The number of aryl methyl sites for hydroxylation is 1. The maximum Gasteiger partial charge on any atom is 0.416 e. The molecule has 0 unspecified atom stereocenters. The molecule has 26 heavy (non-hydrogen) atoms. The summed E-state index contributed by atoms with van der Waals surface area (Å²) in [4.78, 5) is 14.0. The summed E-state index contributed by atoms with van der Waals surface area (Å²) in [6, 6.07) is 6.70. The van der Waals surface area contributed by atoms with Crippen molar-refractivity contribution in [1.29, 1.82) is 0 Å². The second-order valence-electron chi connectivity index (χ2n) is 5.32. The van der Waals surface area contributed by atoms with Gasteiger partial charge in [0.25, 0.3) is 0 Å². The maximum absolute atomic E-state index is 12.9. The monoisotopic (exact) mass is 385 g/mol. The first-order valence-electron chi connectivity index (χ1n) is 7.68. The van der Waals surface area contributed by atoms with E-state index in [-0.39, 0.29) is 24.7 Å². The van der Waals surface area contributed by atoms with E-state index in [2.05, 4.69) is 5.32 Å². The summed E-state index contributed by atoms with van der Waals surface area (Å²) in [6.45, 7) is 2.36. The van der Waals surface area contributed by atoms with Crippen molar-refractivity contribution in [3.8, 4) is 5.75 Å². The van der Waals surface area contributed by atoms with Crippen LogP contribution in [0.2, 0.25) is 0 Å². The van der Waals surface area contributed by atoms with Crippen molar-refractivity contribution in [2.45, 2.75) is 13.1 Å². The molecule has 0 aliphatic heterocycles. The number of benzene rings is 1. The highest BCUT2D eigenvalue weighted by molar-refractivity contribution is 7.12. The topological polar surface area (TPSA) is 47.6 Å². The van der Waals surface area contributed by atoms with Gasteiger partial charge in [-0.25, -0.2) is 0 Å². The number of carbonyl (C=O) groups is 1. The summed E-state index contributed by atoms with van der Waals surface area (Å²) in [7, 11) is 1.48. The van der Waals surface area contributed by atoms with Crippen LogP contribution in [0.4, 0.5) is 18.9 Å². The van der Waals surface area contributed by atoms with Gasteiger partial charge in [0.05, 0.1) is 17.9 Å². The van der Waals surface area contributed by atoms with Gasteiger partial charge < -0.3 is 14.8 Å². The molecule has 1 heterocycles. The molecule has 0 aliphatic rings. The molecule has 140 valence electrons. The lowest BCUT2D eigenvalue weighted by molar-refractivity contribution is -0.137. The highest BCUT2D eigenvalue weighted by Crippen LogP contribution is 2.35. The van der Waals surface area contributed by atoms with Crippen LogP contribution in [-0.4, -0.2) is 26.2 Å². The van der Waals surface area contributed by atoms with Gasteiger partial charge in [-0.1, -0.05) is 0 Å². The summed E-state index contributed by atoms with van der Waals surface area (Å²) in [5.41, 5.74) is -0.919. The first-order valence-corrected chi connectivity index (χ1v) is 8.49. The molecule has 1 N–H and O–H groups in total. The molecule has 0 radical (unpaired) electrons. The van der Waals surface area contributed by atoms with E-state index < -0.39 is 17.6 Å². The molecule has 8 heteroatoms. The first kappa shape index (κ1) is 20.0. The fourth-order valence-corrected chi connectivity index (χ4v) is 2.82. The van der Waals surface area contributed by atoms with E-state index in [1.165, 1.54) is 30.6 Å². The highest BCUT2D eigenvalue weighted by atomic mass is 32.1. The van der Waals surface area contributed by atoms with Crippen LogP contribution in [-0.2, 0) is 15.7 Å². The Labute approximate surface area is 153 Å². The van der Waals surface area contributed by atoms with Gasteiger partial charge >= 0.3 is 6.18 Å². The zero-order valence-corrected chi connectivity index (χ0v) is 15.0. The zero-order chi connectivity index (χ0) is 19.2. The Balaban J connectivity index is 2.17. The largest absolute Gasteiger partial charge is 0.489 e. The van der Waals surface area contributed by atoms with Gasteiger partial charge in [-0.05, 0) is 43.3 Å². The Bertz CT molecular complexity index is 784. The number of carbonyl (C=O) groups excluding carboxylic acids is 1. The van der Waals surface area contributed by atoms with Crippen LogP contribution in [0.3, 0.4) is 0 Å². The van der Waals surface area contributed by atoms with Crippen molar-refractivity contribution in [3.63, 3.8) is 0 Å². The van der Waals surface area contributed by atoms with E-state index >= 15 is 0 Å². The van der Waals surface area contributed by atoms with Crippen LogP contribution < -0.4 is 10.1 Å². The van der Waals surface area contributed by atoms with Crippen LogP contribution in [0.25, 0.3) is 6.08 Å². The second kappa shape index (κ2) is 8.86. The third-order valence-electron chi connectivity index (χ3n) is 3.27. The van der Waals surface area contributed by atoms with Gasteiger partial charge in [0.1, 0.15) is 12.4 Å². The smallest absolute Gasteiger partial charge is 0.416 e. The SMILES string of the molecule is COCCOc1ccc(C(F)(F)F)cc1NC(=O)/C=C/c1ccc(C)s1. The van der Waals surface area contributed by atoms with E-state index in [1.54, 1.807) is 6.08 Å². The van der Waals surface area contributed by atoms with Crippen molar-refractivity contribution < 1.29 is 27.4 Å². The van der Waals surface area contributed by atoms with Crippen LogP contribution >= 0.6 is 11.3 Å². The lowest BCUT2D eigenvalue weighted by Gasteiger charge is -2.14. The van der Waals surface area contributed by atoms with Gasteiger partial charge in [0.2, 0.25) is 5.91 Å². The van der Waals surface area contributed by atoms with Crippen LogP contribution in [0, 0.1) is 6.92 Å². The summed E-state index contributed by atoms with van der Waals surface area (Å²) in [6.07, 6.45) is -1.65. The fourth-order valence-electron chi connectivity index (χ4n) is 2.04. The number of thiophene rings is 1. The van der Waals surface area contributed by atoms with Crippen molar-refractivity contribution in [2.24, 2.45) is 0 Å². The molecule has 0 bridgehead atoms. The molecule has 1 aromatic carbocycles.